The van der Waals surface area contributed by atoms with Gasteiger partial charge in [-0.1, -0.05) is 24.3 Å². The summed E-state index contributed by atoms with van der Waals surface area (Å²) in [5.74, 6) is 1.09. The first-order valence-electron chi connectivity index (χ1n) is 8.38. The quantitative estimate of drug-likeness (QED) is 0.662. The van der Waals surface area contributed by atoms with E-state index >= 15 is 0 Å². The number of hydrazone groups is 1. The SMILES string of the molecule is Oc1ccc(O)c(C2=NN3[C@@H](c4cccs4)Oc4ccccc4[C@@H]3C2)c1. The Morgan fingerprint density at radius 3 is 2.81 bits per heavy atom. The summed E-state index contributed by atoms with van der Waals surface area (Å²) in [6, 6.07) is 16.6. The van der Waals surface area contributed by atoms with Crippen LogP contribution in [-0.2, 0) is 0 Å². The van der Waals surface area contributed by atoms with Crippen molar-refractivity contribution < 1.29 is 14.9 Å². The first kappa shape index (κ1) is 15.3. The lowest BCUT2D eigenvalue weighted by Crippen LogP contribution is -2.33. The lowest BCUT2D eigenvalue weighted by molar-refractivity contribution is -0.0165. The van der Waals surface area contributed by atoms with Crippen LogP contribution in [0.5, 0.6) is 17.2 Å². The zero-order chi connectivity index (χ0) is 17.7. The average molecular weight is 364 g/mol. The molecule has 3 heterocycles. The number of hydrogen-bond acceptors (Lipinski definition) is 6. The molecule has 26 heavy (non-hydrogen) atoms. The molecule has 0 bridgehead atoms. The second-order valence-electron chi connectivity index (χ2n) is 6.37. The van der Waals surface area contributed by atoms with E-state index in [1.54, 1.807) is 17.4 Å². The van der Waals surface area contributed by atoms with Crippen molar-refractivity contribution in [2.75, 3.05) is 0 Å². The van der Waals surface area contributed by atoms with Crippen LogP contribution in [0.15, 0.2) is 65.1 Å². The Labute approximate surface area is 154 Å². The Morgan fingerprint density at radius 1 is 1.08 bits per heavy atom. The minimum Gasteiger partial charge on any atom is -0.508 e. The average Bonchev–Trinajstić information content (AvgIpc) is 3.33. The molecule has 2 N–H and O–H groups in total. The van der Waals surface area contributed by atoms with Gasteiger partial charge in [0.25, 0.3) is 0 Å². The summed E-state index contributed by atoms with van der Waals surface area (Å²) in [5.41, 5.74) is 2.38. The van der Waals surface area contributed by atoms with Crippen molar-refractivity contribution >= 4 is 17.0 Å². The van der Waals surface area contributed by atoms with Crippen molar-refractivity contribution in [3.8, 4) is 17.2 Å². The molecule has 5 rings (SSSR count). The molecule has 0 spiro atoms. The topological polar surface area (TPSA) is 65.3 Å². The number of fused-ring (bicyclic) bond motifs is 3. The molecule has 0 saturated carbocycles. The fourth-order valence-electron chi connectivity index (χ4n) is 3.57. The number of benzene rings is 2. The van der Waals surface area contributed by atoms with Gasteiger partial charge in [0.15, 0.2) is 0 Å². The molecule has 5 nitrogen and oxygen atoms in total. The third kappa shape index (κ3) is 2.34. The molecular formula is C20H16N2O3S. The summed E-state index contributed by atoms with van der Waals surface area (Å²) in [4.78, 5) is 1.08. The molecule has 130 valence electrons. The van der Waals surface area contributed by atoms with Gasteiger partial charge in [-0.2, -0.15) is 5.10 Å². The number of rotatable bonds is 2. The number of thiophene rings is 1. The highest BCUT2D eigenvalue weighted by Crippen LogP contribution is 2.48. The van der Waals surface area contributed by atoms with Gasteiger partial charge in [0.2, 0.25) is 6.23 Å². The van der Waals surface area contributed by atoms with Crippen LogP contribution in [0.1, 0.15) is 34.7 Å². The van der Waals surface area contributed by atoms with E-state index in [4.69, 9.17) is 9.84 Å². The van der Waals surface area contributed by atoms with Crippen molar-refractivity contribution in [1.29, 1.82) is 0 Å². The van der Waals surface area contributed by atoms with Crippen LogP contribution in [0.4, 0.5) is 0 Å². The van der Waals surface area contributed by atoms with Crippen molar-refractivity contribution in [3.63, 3.8) is 0 Å². The first-order chi connectivity index (χ1) is 12.7. The molecule has 2 aromatic carbocycles. The van der Waals surface area contributed by atoms with Crippen molar-refractivity contribution in [1.82, 2.24) is 5.01 Å². The van der Waals surface area contributed by atoms with Gasteiger partial charge in [-0.25, -0.2) is 5.01 Å². The summed E-state index contributed by atoms with van der Waals surface area (Å²) in [5, 5.41) is 28.8. The number of ether oxygens (including phenoxy) is 1. The fraction of sp³-hybridized carbons (Fsp3) is 0.150. The minimum absolute atomic E-state index is 0.0313. The number of hydrogen-bond donors (Lipinski definition) is 2. The highest BCUT2D eigenvalue weighted by molar-refractivity contribution is 7.10. The van der Waals surface area contributed by atoms with E-state index in [0.29, 0.717) is 12.0 Å². The van der Waals surface area contributed by atoms with Crippen LogP contribution in [0.25, 0.3) is 0 Å². The minimum atomic E-state index is -0.299. The van der Waals surface area contributed by atoms with Crippen LogP contribution in [-0.4, -0.2) is 20.9 Å². The molecule has 1 aromatic heterocycles. The van der Waals surface area contributed by atoms with Crippen LogP contribution < -0.4 is 4.74 Å². The van der Waals surface area contributed by atoms with E-state index in [9.17, 15) is 10.2 Å². The Balaban J connectivity index is 1.62. The fourth-order valence-corrected chi connectivity index (χ4v) is 4.32. The van der Waals surface area contributed by atoms with E-state index in [0.717, 1.165) is 21.9 Å². The van der Waals surface area contributed by atoms with Gasteiger partial charge < -0.3 is 14.9 Å². The molecule has 0 unspecified atom stereocenters. The number of nitrogens with zero attached hydrogens (tertiary/aromatic N) is 2. The second-order valence-corrected chi connectivity index (χ2v) is 7.35. The largest absolute Gasteiger partial charge is 0.508 e. The standard InChI is InChI=1S/C20H16N2O3S/c23-12-7-8-17(24)14(10-12)15-11-16-13-4-1-2-5-18(13)25-20(22(16)21-15)19-6-3-9-26-19/h1-10,16,20,23-24H,11H2/t16-,20+/m0/s1. The first-order valence-corrected chi connectivity index (χ1v) is 9.26. The van der Waals surface area contributed by atoms with E-state index in [2.05, 4.69) is 6.07 Å². The molecular weight excluding hydrogens is 348 g/mol. The maximum atomic E-state index is 10.2. The molecule has 0 radical (unpaired) electrons. The summed E-state index contributed by atoms with van der Waals surface area (Å²) in [6.45, 7) is 0. The highest BCUT2D eigenvalue weighted by atomic mass is 32.1. The second kappa shape index (κ2) is 5.78. The number of aromatic hydroxyl groups is 2. The van der Waals surface area contributed by atoms with Crippen molar-refractivity contribution in [3.05, 3.63) is 76.0 Å². The zero-order valence-electron chi connectivity index (χ0n) is 13.7. The van der Waals surface area contributed by atoms with Crippen molar-refractivity contribution in [2.24, 2.45) is 5.10 Å². The van der Waals surface area contributed by atoms with Gasteiger partial charge in [0.05, 0.1) is 16.6 Å². The number of phenols is 2. The number of phenolic OH excluding ortho intramolecular Hbond substituents is 2. The van der Waals surface area contributed by atoms with Crippen LogP contribution in [0.3, 0.4) is 0 Å². The maximum Gasteiger partial charge on any atom is 0.222 e. The van der Waals surface area contributed by atoms with Crippen LogP contribution in [0, 0.1) is 0 Å². The van der Waals surface area contributed by atoms with Gasteiger partial charge in [-0.15, -0.1) is 11.3 Å². The lowest BCUT2D eigenvalue weighted by Gasteiger charge is -2.37. The molecule has 0 fully saturated rings. The Kier molecular flexibility index (Phi) is 3.39. The van der Waals surface area contributed by atoms with E-state index in [1.165, 1.54) is 12.1 Å². The molecule has 2 atom stereocenters. The summed E-state index contributed by atoms with van der Waals surface area (Å²) < 4.78 is 6.25. The predicted octanol–water partition coefficient (Wildman–Crippen LogP) is 4.40. The van der Waals surface area contributed by atoms with Gasteiger partial charge in [-0.3, -0.25) is 0 Å². The monoisotopic (exact) mass is 364 g/mol. The van der Waals surface area contributed by atoms with Crippen molar-refractivity contribution in [2.45, 2.75) is 18.7 Å². The summed E-state index contributed by atoms with van der Waals surface area (Å²) in [7, 11) is 0. The van der Waals surface area contributed by atoms with Crippen LogP contribution in [0.2, 0.25) is 0 Å². The lowest BCUT2D eigenvalue weighted by atomic mass is 9.96. The normalized spacial score (nSPS) is 20.9. The third-order valence-electron chi connectivity index (χ3n) is 4.78. The molecule has 3 aromatic rings. The van der Waals surface area contributed by atoms with Gasteiger partial charge >= 0.3 is 0 Å². The van der Waals surface area contributed by atoms with Gasteiger partial charge in [-0.05, 0) is 35.7 Å². The maximum absolute atomic E-state index is 10.2. The van der Waals surface area contributed by atoms with Gasteiger partial charge in [0.1, 0.15) is 17.2 Å². The molecule has 0 amide bonds. The van der Waals surface area contributed by atoms with E-state index < -0.39 is 0 Å². The Bertz CT molecular complexity index is 1000. The third-order valence-corrected chi connectivity index (χ3v) is 5.68. The van der Waals surface area contributed by atoms with Gasteiger partial charge in [0, 0.05) is 17.5 Å². The van der Waals surface area contributed by atoms with Crippen LogP contribution >= 0.6 is 11.3 Å². The Hall–Kier alpha value is -2.99. The summed E-state index contributed by atoms with van der Waals surface area (Å²) in [6.07, 6.45) is 0.339. The molecule has 0 aliphatic carbocycles. The molecule has 0 saturated heterocycles. The van der Waals surface area contributed by atoms with E-state index in [1.807, 2.05) is 40.7 Å². The Morgan fingerprint density at radius 2 is 1.96 bits per heavy atom. The predicted molar refractivity (Wildman–Crippen MR) is 99.6 cm³/mol. The molecule has 6 heteroatoms. The highest BCUT2D eigenvalue weighted by Gasteiger charge is 2.41. The number of para-hydroxylation sites is 1. The van der Waals surface area contributed by atoms with E-state index in [-0.39, 0.29) is 23.8 Å². The molecule has 2 aliphatic rings. The smallest absolute Gasteiger partial charge is 0.222 e. The molecule has 2 aliphatic heterocycles. The summed E-state index contributed by atoms with van der Waals surface area (Å²) >= 11 is 1.63. The zero-order valence-corrected chi connectivity index (χ0v) is 14.6.